The Morgan fingerprint density at radius 3 is 3.25 bits per heavy atom. The van der Waals surface area contributed by atoms with Crippen LogP contribution in [0, 0.1) is 0 Å². The van der Waals surface area contributed by atoms with Crippen molar-refractivity contribution < 1.29 is 4.74 Å². The maximum absolute atomic E-state index is 5.43. The molecule has 0 amide bonds. The molecule has 0 saturated carbocycles. The molecular formula is C11H14O. The molecule has 0 atom stereocenters. The fourth-order valence-corrected chi connectivity index (χ4v) is 1.03. The van der Waals surface area contributed by atoms with Gasteiger partial charge in [0.2, 0.25) is 0 Å². The Morgan fingerprint density at radius 1 is 1.67 bits per heavy atom. The van der Waals surface area contributed by atoms with Crippen LogP contribution >= 0.6 is 0 Å². The molecule has 1 nitrogen and oxygen atoms in total. The Morgan fingerprint density at radius 2 is 2.50 bits per heavy atom. The summed E-state index contributed by atoms with van der Waals surface area (Å²) in [7, 11) is 0. The first kappa shape index (κ1) is 8.85. The van der Waals surface area contributed by atoms with Crippen LogP contribution in [0.4, 0.5) is 0 Å². The molecule has 0 aromatic carbocycles. The molecule has 0 aromatic rings. The standard InChI is InChI=1S/C11H14O/c1-3-8-12-11-7-5-4-6-10(2)9-11/h3-6,9H,1,7-8H2,2H3. The van der Waals surface area contributed by atoms with Gasteiger partial charge in [0.05, 0.1) is 0 Å². The zero-order valence-electron chi connectivity index (χ0n) is 7.42. The molecule has 0 radical (unpaired) electrons. The molecule has 0 heterocycles. The van der Waals surface area contributed by atoms with E-state index in [1.165, 1.54) is 5.57 Å². The van der Waals surface area contributed by atoms with E-state index in [-0.39, 0.29) is 0 Å². The van der Waals surface area contributed by atoms with Crippen LogP contribution in [-0.4, -0.2) is 6.61 Å². The highest BCUT2D eigenvalue weighted by molar-refractivity contribution is 5.27. The minimum absolute atomic E-state index is 0.590. The predicted octanol–water partition coefficient (Wildman–Crippen LogP) is 2.98. The molecule has 1 aliphatic carbocycles. The van der Waals surface area contributed by atoms with E-state index in [2.05, 4.69) is 37.8 Å². The Hall–Kier alpha value is -1.24. The van der Waals surface area contributed by atoms with Gasteiger partial charge in [-0.25, -0.2) is 0 Å². The summed E-state index contributed by atoms with van der Waals surface area (Å²) in [6.45, 7) is 6.26. The van der Waals surface area contributed by atoms with Crippen LogP contribution in [0.25, 0.3) is 0 Å². The first-order valence-electron chi connectivity index (χ1n) is 4.10. The molecule has 0 fully saturated rings. The molecule has 0 unspecified atom stereocenters. The Kier molecular flexibility index (Phi) is 3.39. The highest BCUT2D eigenvalue weighted by atomic mass is 16.5. The largest absolute Gasteiger partial charge is 0.494 e. The van der Waals surface area contributed by atoms with Gasteiger partial charge in [0.25, 0.3) is 0 Å². The molecule has 0 aromatic heterocycles. The molecule has 0 N–H and O–H groups in total. The van der Waals surface area contributed by atoms with E-state index in [9.17, 15) is 0 Å². The van der Waals surface area contributed by atoms with Gasteiger partial charge in [-0.1, -0.05) is 30.9 Å². The third kappa shape index (κ3) is 2.79. The fraction of sp³-hybridized carbons (Fsp3) is 0.273. The lowest BCUT2D eigenvalue weighted by atomic mass is 10.2. The van der Waals surface area contributed by atoms with Gasteiger partial charge in [0.1, 0.15) is 12.4 Å². The van der Waals surface area contributed by atoms with E-state index < -0.39 is 0 Å². The second-order valence-electron chi connectivity index (χ2n) is 2.75. The van der Waals surface area contributed by atoms with Crippen LogP contribution in [0.1, 0.15) is 13.3 Å². The van der Waals surface area contributed by atoms with E-state index in [0.29, 0.717) is 6.61 Å². The van der Waals surface area contributed by atoms with Crippen LogP contribution in [0.15, 0.2) is 48.3 Å². The van der Waals surface area contributed by atoms with E-state index >= 15 is 0 Å². The topological polar surface area (TPSA) is 9.23 Å². The molecule has 0 saturated heterocycles. The Balaban J connectivity index is 2.58. The molecule has 0 spiro atoms. The summed E-state index contributed by atoms with van der Waals surface area (Å²) in [4.78, 5) is 0. The van der Waals surface area contributed by atoms with Crippen molar-refractivity contribution in [3.63, 3.8) is 0 Å². The molecule has 64 valence electrons. The van der Waals surface area contributed by atoms with Crippen molar-refractivity contribution >= 4 is 0 Å². The molecular weight excluding hydrogens is 148 g/mol. The van der Waals surface area contributed by atoms with Crippen LogP contribution in [0.5, 0.6) is 0 Å². The van der Waals surface area contributed by atoms with Crippen LogP contribution < -0.4 is 0 Å². The maximum atomic E-state index is 5.43. The lowest BCUT2D eigenvalue weighted by molar-refractivity contribution is 0.242. The maximum Gasteiger partial charge on any atom is 0.106 e. The molecule has 1 heteroatoms. The fourth-order valence-electron chi connectivity index (χ4n) is 1.03. The zero-order chi connectivity index (χ0) is 8.81. The van der Waals surface area contributed by atoms with Gasteiger partial charge in [0.15, 0.2) is 0 Å². The van der Waals surface area contributed by atoms with Crippen molar-refractivity contribution in [2.75, 3.05) is 6.61 Å². The lowest BCUT2D eigenvalue weighted by Crippen LogP contribution is -1.90. The lowest BCUT2D eigenvalue weighted by Gasteiger charge is -2.04. The van der Waals surface area contributed by atoms with Crippen molar-refractivity contribution in [1.82, 2.24) is 0 Å². The van der Waals surface area contributed by atoms with Crippen molar-refractivity contribution in [3.8, 4) is 0 Å². The van der Waals surface area contributed by atoms with Crippen molar-refractivity contribution in [2.45, 2.75) is 13.3 Å². The number of rotatable bonds is 3. The first-order chi connectivity index (χ1) is 5.83. The smallest absolute Gasteiger partial charge is 0.106 e. The number of allylic oxidation sites excluding steroid dienone is 5. The van der Waals surface area contributed by atoms with Crippen molar-refractivity contribution in [1.29, 1.82) is 0 Å². The molecule has 12 heavy (non-hydrogen) atoms. The number of ether oxygens (including phenoxy) is 1. The summed E-state index contributed by atoms with van der Waals surface area (Å²) in [6, 6.07) is 0. The molecule has 1 aliphatic rings. The summed E-state index contributed by atoms with van der Waals surface area (Å²) >= 11 is 0. The quantitative estimate of drug-likeness (QED) is 0.580. The highest BCUT2D eigenvalue weighted by Gasteiger charge is 1.97. The third-order valence-electron chi connectivity index (χ3n) is 1.59. The van der Waals surface area contributed by atoms with Crippen LogP contribution in [-0.2, 0) is 4.74 Å². The Bertz CT molecular complexity index is 244. The monoisotopic (exact) mass is 162 g/mol. The average Bonchev–Trinajstić information content (AvgIpc) is 2.26. The second kappa shape index (κ2) is 4.60. The van der Waals surface area contributed by atoms with Gasteiger partial charge in [-0.05, 0) is 18.6 Å². The summed E-state index contributed by atoms with van der Waals surface area (Å²) in [6.07, 6.45) is 10.9. The molecule has 0 aliphatic heterocycles. The minimum atomic E-state index is 0.590. The molecule has 0 bridgehead atoms. The minimum Gasteiger partial charge on any atom is -0.494 e. The highest BCUT2D eigenvalue weighted by Crippen LogP contribution is 2.12. The molecule has 1 rings (SSSR count). The van der Waals surface area contributed by atoms with Gasteiger partial charge in [-0.2, -0.15) is 0 Å². The summed E-state index contributed by atoms with van der Waals surface area (Å²) < 4.78 is 5.43. The average molecular weight is 162 g/mol. The van der Waals surface area contributed by atoms with Crippen molar-refractivity contribution in [3.05, 3.63) is 48.3 Å². The second-order valence-corrected chi connectivity index (χ2v) is 2.75. The predicted molar refractivity (Wildman–Crippen MR) is 51.7 cm³/mol. The van der Waals surface area contributed by atoms with Crippen LogP contribution in [0.2, 0.25) is 0 Å². The summed E-state index contributed by atoms with van der Waals surface area (Å²) in [5.74, 6) is 1.01. The third-order valence-corrected chi connectivity index (χ3v) is 1.59. The van der Waals surface area contributed by atoms with Crippen LogP contribution in [0.3, 0.4) is 0 Å². The van der Waals surface area contributed by atoms with Gasteiger partial charge < -0.3 is 4.74 Å². The first-order valence-corrected chi connectivity index (χ1v) is 4.10. The normalized spacial score (nSPS) is 16.1. The van der Waals surface area contributed by atoms with E-state index in [1.54, 1.807) is 6.08 Å². The SMILES string of the molecule is C=CCOC1=CC(C)=CC=CC1. The van der Waals surface area contributed by atoms with E-state index in [1.807, 2.05) is 0 Å². The summed E-state index contributed by atoms with van der Waals surface area (Å²) in [5, 5.41) is 0. The summed E-state index contributed by atoms with van der Waals surface area (Å²) in [5.41, 5.74) is 1.22. The van der Waals surface area contributed by atoms with Crippen molar-refractivity contribution in [2.24, 2.45) is 0 Å². The van der Waals surface area contributed by atoms with Gasteiger partial charge in [-0.15, -0.1) is 0 Å². The number of hydrogen-bond donors (Lipinski definition) is 0. The van der Waals surface area contributed by atoms with Gasteiger partial charge >= 0.3 is 0 Å². The van der Waals surface area contributed by atoms with Gasteiger partial charge in [0, 0.05) is 6.42 Å². The van der Waals surface area contributed by atoms with E-state index in [0.717, 1.165) is 12.2 Å². The van der Waals surface area contributed by atoms with Gasteiger partial charge in [-0.3, -0.25) is 0 Å². The number of hydrogen-bond acceptors (Lipinski definition) is 1. The van der Waals surface area contributed by atoms with E-state index in [4.69, 9.17) is 4.74 Å². The Labute approximate surface area is 73.7 Å². The zero-order valence-corrected chi connectivity index (χ0v) is 7.42.